The van der Waals surface area contributed by atoms with E-state index in [1.54, 1.807) is 42.5 Å². The molecule has 1 heterocycles. The SMILES string of the molecule is COc1cc(F)c(-c2ccc(NS(C)(=O)=O)cc2)cc1-c1cccc(-c2nc3cc(C(F)(F)F)ccc3o2)c1. The first kappa shape index (κ1) is 26.2. The van der Waals surface area contributed by atoms with Crippen molar-refractivity contribution in [2.45, 2.75) is 6.18 Å². The van der Waals surface area contributed by atoms with Crippen molar-refractivity contribution in [1.29, 1.82) is 0 Å². The van der Waals surface area contributed by atoms with E-state index in [9.17, 15) is 21.6 Å². The predicted octanol–water partition coefficient (Wildman–Crippen LogP) is 7.37. The molecule has 1 N–H and O–H groups in total. The number of aromatic nitrogens is 1. The maximum absolute atomic E-state index is 15.1. The zero-order valence-corrected chi connectivity index (χ0v) is 21.3. The number of nitrogens with zero attached hydrogens (tertiary/aromatic N) is 1. The molecule has 0 atom stereocenters. The van der Waals surface area contributed by atoms with E-state index in [2.05, 4.69) is 9.71 Å². The van der Waals surface area contributed by atoms with E-state index in [0.717, 1.165) is 18.4 Å². The Morgan fingerprint density at radius 3 is 2.26 bits per heavy atom. The van der Waals surface area contributed by atoms with Gasteiger partial charge in [-0.3, -0.25) is 4.72 Å². The molecule has 5 rings (SSSR count). The van der Waals surface area contributed by atoms with Crippen molar-refractivity contribution in [2.75, 3.05) is 18.1 Å². The average Bonchev–Trinajstić information content (AvgIpc) is 3.31. The van der Waals surface area contributed by atoms with Crippen LogP contribution in [-0.4, -0.2) is 26.8 Å². The van der Waals surface area contributed by atoms with Crippen LogP contribution in [-0.2, 0) is 16.2 Å². The number of hydrogen-bond donors (Lipinski definition) is 1. The van der Waals surface area contributed by atoms with Crippen LogP contribution in [0.2, 0.25) is 0 Å². The Bertz CT molecular complexity index is 1800. The van der Waals surface area contributed by atoms with Crippen molar-refractivity contribution in [3.05, 3.63) is 90.2 Å². The minimum absolute atomic E-state index is 0.0701. The van der Waals surface area contributed by atoms with Crippen molar-refractivity contribution < 1.29 is 35.1 Å². The Morgan fingerprint density at radius 1 is 0.872 bits per heavy atom. The zero-order valence-electron chi connectivity index (χ0n) is 20.5. The van der Waals surface area contributed by atoms with Gasteiger partial charge in [0.25, 0.3) is 0 Å². The molecule has 0 bridgehead atoms. The second-order valence-corrected chi connectivity index (χ2v) is 10.5. The van der Waals surface area contributed by atoms with Crippen LogP contribution in [0.25, 0.3) is 44.8 Å². The summed E-state index contributed by atoms with van der Waals surface area (Å²) in [5.74, 6) is -0.160. The lowest BCUT2D eigenvalue weighted by Crippen LogP contribution is -2.09. The number of oxazole rings is 1. The Morgan fingerprint density at radius 2 is 1.59 bits per heavy atom. The molecule has 0 aliphatic rings. The summed E-state index contributed by atoms with van der Waals surface area (Å²) in [5.41, 5.74) is 2.22. The van der Waals surface area contributed by atoms with Crippen LogP contribution in [0.5, 0.6) is 5.75 Å². The standard InChI is InChI=1S/C28H20F4N2O4S/c1-37-26-15-23(29)21(16-6-9-20(10-7-16)34-39(2,35)36)14-22(26)17-4-3-5-18(12-17)27-33-24-13-19(28(30,31)32)8-11-25(24)38-27/h3-15,34H,1-2H3. The molecule has 0 aliphatic carbocycles. The molecule has 0 spiro atoms. The monoisotopic (exact) mass is 556 g/mol. The predicted molar refractivity (Wildman–Crippen MR) is 140 cm³/mol. The topological polar surface area (TPSA) is 81.4 Å². The molecular weight excluding hydrogens is 536 g/mol. The maximum atomic E-state index is 15.1. The second kappa shape index (κ2) is 9.73. The third-order valence-electron chi connectivity index (χ3n) is 5.92. The van der Waals surface area contributed by atoms with Gasteiger partial charge in [-0.1, -0.05) is 24.3 Å². The summed E-state index contributed by atoms with van der Waals surface area (Å²) in [4.78, 5) is 4.24. The van der Waals surface area contributed by atoms with Gasteiger partial charge >= 0.3 is 6.18 Å². The van der Waals surface area contributed by atoms with Gasteiger partial charge in [-0.05, 0) is 59.7 Å². The van der Waals surface area contributed by atoms with Crippen LogP contribution in [0.4, 0.5) is 23.2 Å². The van der Waals surface area contributed by atoms with Gasteiger partial charge in [0.2, 0.25) is 15.9 Å². The van der Waals surface area contributed by atoms with Crippen molar-refractivity contribution in [1.82, 2.24) is 4.98 Å². The highest BCUT2D eigenvalue weighted by Gasteiger charge is 2.31. The van der Waals surface area contributed by atoms with Gasteiger partial charge in [-0.15, -0.1) is 0 Å². The average molecular weight is 557 g/mol. The minimum Gasteiger partial charge on any atom is -0.496 e. The van der Waals surface area contributed by atoms with Crippen molar-refractivity contribution in [3.63, 3.8) is 0 Å². The van der Waals surface area contributed by atoms with Crippen LogP contribution in [0, 0.1) is 5.82 Å². The van der Waals surface area contributed by atoms with E-state index in [4.69, 9.17) is 9.15 Å². The third kappa shape index (κ3) is 5.58. The first-order valence-electron chi connectivity index (χ1n) is 11.5. The highest BCUT2D eigenvalue weighted by Crippen LogP contribution is 2.39. The number of anilines is 1. The molecule has 6 nitrogen and oxygen atoms in total. The number of rotatable bonds is 6. The summed E-state index contributed by atoms with van der Waals surface area (Å²) in [6.45, 7) is 0. The summed E-state index contributed by atoms with van der Waals surface area (Å²) in [6.07, 6.45) is -3.47. The van der Waals surface area contributed by atoms with Gasteiger partial charge in [-0.2, -0.15) is 13.2 Å². The summed E-state index contributed by atoms with van der Waals surface area (Å²) in [6, 6.07) is 19.1. The van der Waals surface area contributed by atoms with Crippen molar-refractivity contribution in [3.8, 4) is 39.5 Å². The van der Waals surface area contributed by atoms with Crippen LogP contribution in [0.3, 0.4) is 0 Å². The summed E-state index contributed by atoms with van der Waals surface area (Å²) in [5, 5.41) is 0. The largest absolute Gasteiger partial charge is 0.496 e. The molecule has 200 valence electrons. The number of methoxy groups -OCH3 is 1. The van der Waals surface area contributed by atoms with Crippen molar-refractivity contribution in [2.24, 2.45) is 0 Å². The molecule has 0 saturated heterocycles. The Kier molecular flexibility index (Phi) is 6.55. The zero-order chi connectivity index (χ0) is 27.9. The molecule has 0 unspecified atom stereocenters. The highest BCUT2D eigenvalue weighted by atomic mass is 32.2. The second-order valence-electron chi connectivity index (χ2n) is 8.76. The van der Waals surface area contributed by atoms with E-state index in [1.807, 2.05) is 0 Å². The minimum atomic E-state index is -4.51. The molecule has 0 aliphatic heterocycles. The molecule has 0 amide bonds. The fraction of sp³-hybridized carbons (Fsp3) is 0.107. The van der Waals surface area contributed by atoms with E-state index in [-0.39, 0.29) is 28.3 Å². The number of fused-ring (bicyclic) bond motifs is 1. The highest BCUT2D eigenvalue weighted by molar-refractivity contribution is 7.92. The van der Waals surface area contributed by atoms with Crippen LogP contribution < -0.4 is 9.46 Å². The number of halogens is 4. The lowest BCUT2D eigenvalue weighted by molar-refractivity contribution is -0.137. The molecular formula is C28H20F4N2O4S. The summed E-state index contributed by atoms with van der Waals surface area (Å²) in [7, 11) is -2.05. The normalized spacial score (nSPS) is 12.1. The van der Waals surface area contributed by atoms with E-state index < -0.39 is 27.6 Å². The fourth-order valence-corrected chi connectivity index (χ4v) is 4.71. The van der Waals surface area contributed by atoms with Gasteiger partial charge in [-0.25, -0.2) is 17.8 Å². The first-order chi connectivity index (χ1) is 18.4. The van der Waals surface area contributed by atoms with Crippen molar-refractivity contribution >= 4 is 26.8 Å². The molecule has 1 aromatic heterocycles. The van der Waals surface area contributed by atoms with Gasteiger partial charge in [0.15, 0.2) is 5.58 Å². The van der Waals surface area contributed by atoms with Gasteiger partial charge in [0, 0.05) is 28.4 Å². The quantitative estimate of drug-likeness (QED) is 0.221. The van der Waals surface area contributed by atoms with E-state index >= 15 is 4.39 Å². The number of benzene rings is 4. The third-order valence-corrected chi connectivity index (χ3v) is 6.53. The Balaban J connectivity index is 1.54. The lowest BCUT2D eigenvalue weighted by atomic mass is 9.96. The molecule has 39 heavy (non-hydrogen) atoms. The maximum Gasteiger partial charge on any atom is 0.416 e. The Labute approximate surface area is 220 Å². The number of alkyl halides is 3. The Hall–Kier alpha value is -4.38. The molecule has 0 radical (unpaired) electrons. The van der Waals surface area contributed by atoms with E-state index in [0.29, 0.717) is 27.9 Å². The van der Waals surface area contributed by atoms with Gasteiger partial charge in [0.05, 0.1) is 18.9 Å². The smallest absolute Gasteiger partial charge is 0.416 e. The number of hydrogen-bond acceptors (Lipinski definition) is 5. The lowest BCUT2D eigenvalue weighted by Gasteiger charge is -2.14. The number of sulfonamides is 1. The van der Waals surface area contributed by atoms with Crippen LogP contribution >= 0.6 is 0 Å². The first-order valence-corrected chi connectivity index (χ1v) is 13.3. The van der Waals surface area contributed by atoms with Gasteiger partial charge in [0.1, 0.15) is 17.1 Å². The number of nitrogens with one attached hydrogen (secondary N) is 1. The molecule has 0 saturated carbocycles. The number of ether oxygens (including phenoxy) is 1. The molecule has 0 fully saturated rings. The molecule has 5 aromatic rings. The summed E-state index contributed by atoms with van der Waals surface area (Å²) >= 11 is 0. The van der Waals surface area contributed by atoms with Crippen LogP contribution in [0.15, 0.2) is 83.3 Å². The fourth-order valence-electron chi connectivity index (χ4n) is 4.15. The molecule has 4 aromatic carbocycles. The van der Waals surface area contributed by atoms with Crippen LogP contribution in [0.1, 0.15) is 5.56 Å². The van der Waals surface area contributed by atoms with Gasteiger partial charge < -0.3 is 9.15 Å². The molecule has 11 heteroatoms. The van der Waals surface area contributed by atoms with E-state index in [1.165, 1.54) is 31.4 Å². The summed E-state index contributed by atoms with van der Waals surface area (Å²) < 4.78 is 90.8.